The highest BCUT2D eigenvalue weighted by molar-refractivity contribution is 9.11. The maximum Gasteiger partial charge on any atom is 0.266 e. The fourth-order valence-electron chi connectivity index (χ4n) is 2.03. The van der Waals surface area contributed by atoms with Gasteiger partial charge in [-0.1, -0.05) is 25.5 Å². The summed E-state index contributed by atoms with van der Waals surface area (Å²) in [5.74, 6) is -0.390. The van der Waals surface area contributed by atoms with Crippen LogP contribution in [0.4, 0.5) is 5.69 Å². The molecule has 1 heterocycles. The van der Waals surface area contributed by atoms with E-state index in [9.17, 15) is 10.1 Å². The van der Waals surface area contributed by atoms with Crippen LogP contribution in [0.3, 0.4) is 0 Å². The summed E-state index contributed by atoms with van der Waals surface area (Å²) in [7, 11) is 0. The van der Waals surface area contributed by atoms with E-state index >= 15 is 0 Å². The Bertz CT molecular complexity index is 741. The number of rotatable bonds is 6. The van der Waals surface area contributed by atoms with Gasteiger partial charge in [-0.05, 0) is 64.7 Å². The van der Waals surface area contributed by atoms with Gasteiger partial charge in [0.2, 0.25) is 0 Å². The van der Waals surface area contributed by atoms with E-state index in [1.165, 1.54) is 16.9 Å². The van der Waals surface area contributed by atoms with Gasteiger partial charge in [0, 0.05) is 10.6 Å². The van der Waals surface area contributed by atoms with Crippen LogP contribution in [0.5, 0.6) is 0 Å². The number of unbranched alkanes of at least 4 members (excludes halogenated alkanes) is 1. The summed E-state index contributed by atoms with van der Waals surface area (Å²) in [5, 5.41) is 12.0. The zero-order valence-corrected chi connectivity index (χ0v) is 15.2. The molecule has 0 bridgehead atoms. The molecule has 0 unspecified atom stereocenters. The first-order valence-corrected chi connectivity index (χ1v) is 9.00. The van der Waals surface area contributed by atoms with Crippen LogP contribution in [-0.2, 0) is 11.2 Å². The number of amides is 1. The molecule has 0 aliphatic carbocycles. The molecule has 0 aliphatic rings. The molecule has 3 nitrogen and oxygen atoms in total. The maximum absolute atomic E-state index is 12.2. The molecular weight excluding hydrogens is 372 g/mol. The quantitative estimate of drug-likeness (QED) is 0.531. The van der Waals surface area contributed by atoms with Crippen LogP contribution in [0.25, 0.3) is 6.08 Å². The summed E-state index contributed by atoms with van der Waals surface area (Å²) in [5.41, 5.74) is 2.04. The van der Waals surface area contributed by atoms with E-state index in [0.29, 0.717) is 5.69 Å². The number of halogens is 1. The Morgan fingerprint density at radius 1 is 1.30 bits per heavy atom. The minimum absolute atomic E-state index is 0.0920. The number of nitrogens with one attached hydrogen (secondary N) is 1. The molecule has 2 aromatic rings. The van der Waals surface area contributed by atoms with Crippen molar-refractivity contribution < 1.29 is 4.79 Å². The van der Waals surface area contributed by atoms with Crippen LogP contribution >= 0.6 is 27.3 Å². The number of aryl methyl sites for hydroxylation is 1. The molecule has 1 aromatic heterocycles. The number of anilines is 1. The van der Waals surface area contributed by atoms with Crippen molar-refractivity contribution in [2.45, 2.75) is 26.2 Å². The van der Waals surface area contributed by atoms with Crippen LogP contribution in [0, 0.1) is 11.3 Å². The largest absolute Gasteiger partial charge is 0.321 e. The number of carbonyl (C=O) groups excluding carboxylic acids is 1. The molecule has 1 amide bonds. The highest BCUT2D eigenvalue weighted by Gasteiger charge is 2.10. The van der Waals surface area contributed by atoms with Crippen molar-refractivity contribution in [3.05, 3.63) is 56.2 Å². The van der Waals surface area contributed by atoms with E-state index in [0.717, 1.165) is 27.9 Å². The fourth-order valence-corrected chi connectivity index (χ4v) is 3.40. The van der Waals surface area contributed by atoms with Crippen molar-refractivity contribution in [3.8, 4) is 6.07 Å². The molecular formula is C18H17BrN2OS. The van der Waals surface area contributed by atoms with Crippen molar-refractivity contribution in [2.75, 3.05) is 5.32 Å². The molecule has 0 fully saturated rings. The number of thiophene rings is 1. The van der Waals surface area contributed by atoms with E-state index in [1.807, 2.05) is 42.5 Å². The van der Waals surface area contributed by atoms with Crippen molar-refractivity contribution in [2.24, 2.45) is 0 Å². The SMILES string of the molecule is CCCCc1ccc(NC(=O)/C(C#N)=C/c2ccc(Br)s2)cc1. The second kappa shape index (κ2) is 8.66. The van der Waals surface area contributed by atoms with Gasteiger partial charge in [0.15, 0.2) is 0 Å². The fraction of sp³-hybridized carbons (Fsp3) is 0.222. The Balaban J connectivity index is 2.05. The molecule has 0 atom stereocenters. The normalized spacial score (nSPS) is 11.1. The van der Waals surface area contributed by atoms with Crippen LogP contribution in [0.15, 0.2) is 45.8 Å². The second-order valence-electron chi connectivity index (χ2n) is 5.07. The van der Waals surface area contributed by atoms with Gasteiger partial charge < -0.3 is 5.32 Å². The Morgan fingerprint density at radius 2 is 2.04 bits per heavy atom. The summed E-state index contributed by atoms with van der Waals surface area (Å²) >= 11 is 4.84. The topological polar surface area (TPSA) is 52.9 Å². The predicted octanol–water partition coefficient (Wildman–Crippen LogP) is 5.40. The first kappa shape index (κ1) is 17.5. The monoisotopic (exact) mass is 388 g/mol. The van der Waals surface area contributed by atoms with Gasteiger partial charge >= 0.3 is 0 Å². The van der Waals surface area contributed by atoms with Gasteiger partial charge in [0.25, 0.3) is 5.91 Å². The summed E-state index contributed by atoms with van der Waals surface area (Å²) in [6.45, 7) is 2.16. The number of carbonyl (C=O) groups is 1. The zero-order chi connectivity index (χ0) is 16.7. The number of benzene rings is 1. The summed E-state index contributed by atoms with van der Waals surface area (Å²) in [6.07, 6.45) is 4.96. The Morgan fingerprint density at radius 3 is 2.61 bits per heavy atom. The molecule has 0 saturated carbocycles. The predicted molar refractivity (Wildman–Crippen MR) is 99.3 cm³/mol. The Hall–Kier alpha value is -1.90. The van der Waals surface area contributed by atoms with E-state index in [2.05, 4.69) is 28.2 Å². The lowest BCUT2D eigenvalue weighted by Crippen LogP contribution is -2.13. The number of hydrogen-bond acceptors (Lipinski definition) is 3. The van der Waals surface area contributed by atoms with E-state index < -0.39 is 5.91 Å². The molecule has 0 saturated heterocycles. The number of nitrogens with zero attached hydrogens (tertiary/aromatic N) is 1. The first-order chi connectivity index (χ1) is 11.1. The van der Waals surface area contributed by atoms with Crippen molar-refractivity contribution in [1.29, 1.82) is 5.26 Å². The molecule has 0 radical (unpaired) electrons. The van der Waals surface area contributed by atoms with Gasteiger partial charge in [-0.2, -0.15) is 5.26 Å². The third-order valence-corrected chi connectivity index (χ3v) is 4.85. The lowest BCUT2D eigenvalue weighted by atomic mass is 10.1. The van der Waals surface area contributed by atoms with E-state index in [4.69, 9.17) is 0 Å². The van der Waals surface area contributed by atoms with Crippen LogP contribution in [0.1, 0.15) is 30.2 Å². The molecule has 118 valence electrons. The standard InChI is InChI=1S/C18H17BrN2OS/c1-2-3-4-13-5-7-15(8-6-13)21-18(22)14(12-20)11-16-9-10-17(19)23-16/h5-11H,2-4H2,1H3,(H,21,22)/b14-11+. The molecule has 5 heteroatoms. The van der Waals surface area contributed by atoms with E-state index in [1.54, 1.807) is 6.08 Å². The second-order valence-corrected chi connectivity index (χ2v) is 7.56. The molecule has 1 aromatic carbocycles. The average molecular weight is 389 g/mol. The molecule has 0 spiro atoms. The lowest BCUT2D eigenvalue weighted by molar-refractivity contribution is -0.112. The van der Waals surface area contributed by atoms with Crippen molar-refractivity contribution >= 4 is 44.9 Å². The van der Waals surface area contributed by atoms with Crippen LogP contribution in [0.2, 0.25) is 0 Å². The molecule has 2 rings (SSSR count). The first-order valence-electron chi connectivity index (χ1n) is 7.40. The third-order valence-electron chi connectivity index (χ3n) is 3.28. The van der Waals surface area contributed by atoms with Crippen molar-refractivity contribution in [1.82, 2.24) is 0 Å². The lowest BCUT2D eigenvalue weighted by Gasteiger charge is -2.06. The van der Waals surface area contributed by atoms with Gasteiger partial charge in [-0.25, -0.2) is 0 Å². The average Bonchev–Trinajstić information content (AvgIpc) is 2.97. The molecule has 1 N–H and O–H groups in total. The molecule has 23 heavy (non-hydrogen) atoms. The van der Waals surface area contributed by atoms with E-state index in [-0.39, 0.29) is 5.57 Å². The van der Waals surface area contributed by atoms with Crippen LogP contribution in [-0.4, -0.2) is 5.91 Å². The Labute approximate surface area is 148 Å². The summed E-state index contributed by atoms with van der Waals surface area (Å²) < 4.78 is 0.962. The smallest absolute Gasteiger partial charge is 0.266 e. The van der Waals surface area contributed by atoms with Gasteiger partial charge in [0.1, 0.15) is 11.6 Å². The van der Waals surface area contributed by atoms with Gasteiger partial charge in [-0.15, -0.1) is 11.3 Å². The van der Waals surface area contributed by atoms with Gasteiger partial charge in [0.05, 0.1) is 3.79 Å². The Kier molecular flexibility index (Phi) is 6.57. The number of nitriles is 1. The minimum Gasteiger partial charge on any atom is -0.321 e. The maximum atomic E-state index is 12.2. The van der Waals surface area contributed by atoms with Gasteiger partial charge in [-0.3, -0.25) is 4.79 Å². The molecule has 0 aliphatic heterocycles. The van der Waals surface area contributed by atoms with Crippen molar-refractivity contribution in [3.63, 3.8) is 0 Å². The summed E-state index contributed by atoms with van der Waals surface area (Å²) in [4.78, 5) is 13.1. The summed E-state index contributed by atoms with van der Waals surface area (Å²) in [6, 6.07) is 13.5. The highest BCUT2D eigenvalue weighted by Crippen LogP contribution is 2.24. The van der Waals surface area contributed by atoms with Crippen LogP contribution < -0.4 is 5.32 Å². The third kappa shape index (κ3) is 5.34. The minimum atomic E-state index is -0.390. The zero-order valence-electron chi connectivity index (χ0n) is 12.8. The number of hydrogen-bond donors (Lipinski definition) is 1. The highest BCUT2D eigenvalue weighted by atomic mass is 79.9.